The second kappa shape index (κ2) is 6.92. The summed E-state index contributed by atoms with van der Waals surface area (Å²) in [4.78, 5) is 2.21. The summed E-state index contributed by atoms with van der Waals surface area (Å²) in [6, 6.07) is 6.31. The van der Waals surface area contributed by atoms with Crippen LogP contribution in [0.25, 0.3) is 0 Å². The number of hydrogen-bond donors (Lipinski definition) is 1. The molecular formula is C16H25NO2. The smallest absolute Gasteiger partial charge is 0.119 e. The molecule has 3 nitrogen and oxygen atoms in total. The fourth-order valence-corrected chi connectivity index (χ4v) is 2.66. The summed E-state index contributed by atoms with van der Waals surface area (Å²) >= 11 is 0. The van der Waals surface area contributed by atoms with Crippen molar-refractivity contribution in [3.05, 3.63) is 29.3 Å². The number of benzene rings is 1. The van der Waals surface area contributed by atoms with Gasteiger partial charge in [0.25, 0.3) is 0 Å². The summed E-state index contributed by atoms with van der Waals surface area (Å²) in [7, 11) is 0. The Bertz CT molecular complexity index is 402. The van der Waals surface area contributed by atoms with Gasteiger partial charge in [0.2, 0.25) is 0 Å². The van der Waals surface area contributed by atoms with Gasteiger partial charge in [0, 0.05) is 6.54 Å². The van der Waals surface area contributed by atoms with Gasteiger partial charge in [-0.15, -0.1) is 0 Å². The average molecular weight is 263 g/mol. The zero-order valence-electron chi connectivity index (χ0n) is 12.1. The standard InChI is InChI=1S/C16H25NO2/c1-3-17(4-2)11-15(18)12-19-16-9-8-13-6-5-7-14(13)10-16/h8-10,15,18H,3-7,11-12H2,1-2H3/t15-/m0/s1. The van der Waals surface area contributed by atoms with Crippen LogP contribution < -0.4 is 4.74 Å². The van der Waals surface area contributed by atoms with Crippen LogP contribution in [0.5, 0.6) is 5.75 Å². The van der Waals surface area contributed by atoms with Gasteiger partial charge in [-0.05, 0) is 55.6 Å². The average Bonchev–Trinajstić information content (AvgIpc) is 2.89. The van der Waals surface area contributed by atoms with Crippen LogP contribution in [-0.2, 0) is 12.8 Å². The van der Waals surface area contributed by atoms with Crippen molar-refractivity contribution < 1.29 is 9.84 Å². The van der Waals surface area contributed by atoms with E-state index in [9.17, 15) is 5.11 Å². The SMILES string of the molecule is CCN(CC)C[C@H](O)COc1ccc2c(c1)CCC2. The topological polar surface area (TPSA) is 32.7 Å². The molecule has 0 amide bonds. The van der Waals surface area contributed by atoms with E-state index in [-0.39, 0.29) is 0 Å². The Morgan fingerprint density at radius 2 is 1.95 bits per heavy atom. The number of aliphatic hydroxyl groups is 1. The highest BCUT2D eigenvalue weighted by molar-refractivity contribution is 5.38. The molecule has 3 heteroatoms. The zero-order valence-corrected chi connectivity index (χ0v) is 12.1. The molecule has 2 rings (SSSR count). The van der Waals surface area contributed by atoms with Crippen molar-refractivity contribution in [2.75, 3.05) is 26.2 Å². The molecule has 0 heterocycles. The Balaban J connectivity index is 1.81. The lowest BCUT2D eigenvalue weighted by Gasteiger charge is -2.22. The van der Waals surface area contributed by atoms with Crippen molar-refractivity contribution in [1.82, 2.24) is 4.90 Å². The summed E-state index contributed by atoms with van der Waals surface area (Å²) in [6.45, 7) is 7.20. The Labute approximate surface area is 116 Å². The molecule has 19 heavy (non-hydrogen) atoms. The molecule has 1 aromatic rings. The van der Waals surface area contributed by atoms with Crippen molar-refractivity contribution >= 4 is 0 Å². The number of hydrogen-bond acceptors (Lipinski definition) is 3. The second-order valence-corrected chi connectivity index (χ2v) is 5.23. The molecule has 0 aromatic heterocycles. The predicted molar refractivity (Wildman–Crippen MR) is 77.8 cm³/mol. The number of likely N-dealkylation sites (N-methyl/N-ethyl adjacent to an activating group) is 1. The van der Waals surface area contributed by atoms with Crippen LogP contribution in [0.2, 0.25) is 0 Å². The maximum Gasteiger partial charge on any atom is 0.119 e. The van der Waals surface area contributed by atoms with Crippen molar-refractivity contribution in [3.8, 4) is 5.75 Å². The number of fused-ring (bicyclic) bond motifs is 1. The van der Waals surface area contributed by atoms with Gasteiger partial charge in [0.1, 0.15) is 18.5 Å². The van der Waals surface area contributed by atoms with Gasteiger partial charge in [-0.2, -0.15) is 0 Å². The molecule has 0 saturated heterocycles. The van der Waals surface area contributed by atoms with E-state index in [1.807, 2.05) is 6.07 Å². The number of ether oxygens (including phenoxy) is 1. The summed E-state index contributed by atoms with van der Waals surface area (Å²) in [5, 5.41) is 9.97. The van der Waals surface area contributed by atoms with Crippen LogP contribution in [-0.4, -0.2) is 42.4 Å². The summed E-state index contributed by atoms with van der Waals surface area (Å²) in [6.07, 6.45) is 3.19. The van der Waals surface area contributed by atoms with Crippen molar-refractivity contribution in [2.45, 2.75) is 39.2 Å². The lowest BCUT2D eigenvalue weighted by atomic mass is 10.1. The van der Waals surface area contributed by atoms with E-state index in [1.165, 1.54) is 24.0 Å². The first-order valence-electron chi connectivity index (χ1n) is 7.38. The molecule has 0 fully saturated rings. The highest BCUT2D eigenvalue weighted by Gasteiger charge is 2.13. The maximum absolute atomic E-state index is 9.97. The van der Waals surface area contributed by atoms with Crippen molar-refractivity contribution in [1.29, 1.82) is 0 Å². The van der Waals surface area contributed by atoms with Crippen molar-refractivity contribution in [2.24, 2.45) is 0 Å². The Kier molecular flexibility index (Phi) is 5.23. The van der Waals surface area contributed by atoms with E-state index in [0.29, 0.717) is 13.2 Å². The first-order chi connectivity index (χ1) is 9.22. The minimum absolute atomic E-state index is 0.370. The number of aliphatic hydroxyl groups excluding tert-OH is 1. The van der Waals surface area contributed by atoms with Gasteiger partial charge in [-0.25, -0.2) is 0 Å². The van der Waals surface area contributed by atoms with Gasteiger partial charge >= 0.3 is 0 Å². The first kappa shape index (κ1) is 14.4. The van der Waals surface area contributed by atoms with Gasteiger partial charge in [0.05, 0.1) is 0 Å². The maximum atomic E-state index is 9.97. The lowest BCUT2D eigenvalue weighted by Crippen LogP contribution is -2.35. The molecule has 0 spiro atoms. The largest absolute Gasteiger partial charge is 0.491 e. The van der Waals surface area contributed by atoms with E-state index in [1.54, 1.807) is 0 Å². The van der Waals surface area contributed by atoms with Gasteiger partial charge in [0.15, 0.2) is 0 Å². The third-order valence-corrected chi connectivity index (χ3v) is 3.88. The van der Waals surface area contributed by atoms with E-state index in [0.717, 1.165) is 25.3 Å². The Hall–Kier alpha value is -1.06. The van der Waals surface area contributed by atoms with Crippen LogP contribution in [0.4, 0.5) is 0 Å². The highest BCUT2D eigenvalue weighted by Crippen LogP contribution is 2.26. The third kappa shape index (κ3) is 3.95. The summed E-state index contributed by atoms with van der Waals surface area (Å²) in [5.41, 5.74) is 2.87. The molecule has 0 radical (unpaired) electrons. The number of nitrogens with zero attached hydrogens (tertiary/aromatic N) is 1. The molecule has 1 aromatic carbocycles. The van der Waals surface area contributed by atoms with Crippen molar-refractivity contribution in [3.63, 3.8) is 0 Å². The van der Waals surface area contributed by atoms with Crippen LogP contribution in [0.15, 0.2) is 18.2 Å². The number of rotatable bonds is 7. The second-order valence-electron chi connectivity index (χ2n) is 5.23. The monoisotopic (exact) mass is 263 g/mol. The Morgan fingerprint density at radius 1 is 1.21 bits per heavy atom. The van der Waals surface area contributed by atoms with E-state index in [4.69, 9.17) is 4.74 Å². The summed E-state index contributed by atoms with van der Waals surface area (Å²) in [5.74, 6) is 0.888. The molecule has 106 valence electrons. The lowest BCUT2D eigenvalue weighted by molar-refractivity contribution is 0.0716. The molecule has 0 aliphatic heterocycles. The highest BCUT2D eigenvalue weighted by atomic mass is 16.5. The van der Waals surface area contributed by atoms with Crippen LogP contribution in [0.1, 0.15) is 31.4 Å². The van der Waals surface area contributed by atoms with Gasteiger partial charge in [-0.3, -0.25) is 0 Å². The molecular weight excluding hydrogens is 238 g/mol. The van der Waals surface area contributed by atoms with E-state index in [2.05, 4.69) is 30.9 Å². The molecule has 0 bridgehead atoms. The van der Waals surface area contributed by atoms with E-state index < -0.39 is 6.10 Å². The summed E-state index contributed by atoms with van der Waals surface area (Å²) < 4.78 is 5.71. The predicted octanol–water partition coefficient (Wildman–Crippen LogP) is 2.26. The Morgan fingerprint density at radius 3 is 2.68 bits per heavy atom. The normalized spacial score (nSPS) is 15.6. The minimum atomic E-state index is -0.423. The minimum Gasteiger partial charge on any atom is -0.491 e. The number of aryl methyl sites for hydroxylation is 2. The van der Waals surface area contributed by atoms with Crippen LogP contribution in [0, 0.1) is 0 Å². The molecule has 0 saturated carbocycles. The fourth-order valence-electron chi connectivity index (χ4n) is 2.66. The van der Waals surface area contributed by atoms with Crippen LogP contribution in [0.3, 0.4) is 0 Å². The first-order valence-corrected chi connectivity index (χ1v) is 7.38. The quantitative estimate of drug-likeness (QED) is 0.819. The molecule has 0 unspecified atom stereocenters. The fraction of sp³-hybridized carbons (Fsp3) is 0.625. The van der Waals surface area contributed by atoms with Crippen LogP contribution >= 0.6 is 0 Å². The molecule has 1 N–H and O–H groups in total. The van der Waals surface area contributed by atoms with E-state index >= 15 is 0 Å². The zero-order chi connectivity index (χ0) is 13.7. The van der Waals surface area contributed by atoms with Gasteiger partial charge in [-0.1, -0.05) is 19.9 Å². The molecule has 1 aliphatic rings. The molecule has 1 atom stereocenters. The molecule has 1 aliphatic carbocycles. The third-order valence-electron chi connectivity index (χ3n) is 3.88. The van der Waals surface area contributed by atoms with Gasteiger partial charge < -0.3 is 14.7 Å².